The van der Waals surface area contributed by atoms with Gasteiger partial charge in [-0.05, 0) is 61.9 Å². The van der Waals surface area contributed by atoms with Crippen LogP contribution < -0.4 is 0 Å². The Bertz CT molecular complexity index is 1220. The summed E-state index contributed by atoms with van der Waals surface area (Å²) in [6, 6.07) is 14.5. The molecule has 2 unspecified atom stereocenters. The van der Waals surface area contributed by atoms with E-state index in [0.717, 1.165) is 56.6 Å². The second kappa shape index (κ2) is 13.3. The SMILES string of the molecule is O=C(O)C(=O)O.OC(C1CCCCC1)C(CCN1CC=C(c2cccc3ccoc23)CC1)c1ccccn1. The van der Waals surface area contributed by atoms with Gasteiger partial charge in [-0.1, -0.05) is 49.6 Å². The first-order valence-electron chi connectivity index (χ1n) is 13.4. The first-order valence-corrected chi connectivity index (χ1v) is 13.4. The standard InChI is InChI=1S/C28H34N2O2.C2H2O4/c31-27(22-7-2-1-3-8-22)25(26-11-4-5-16-29-26)14-19-30-17-12-21(13-18-30)24-10-6-9-23-15-20-32-28(23)24;3-1(4)2(5)6/h4-6,9-12,15-16,20,22,25,27,31H,1-3,7-8,13-14,17-19H2;(H,3,4)(H,5,6). The summed E-state index contributed by atoms with van der Waals surface area (Å²) in [5.74, 6) is -3.12. The highest BCUT2D eigenvalue weighted by atomic mass is 16.4. The van der Waals surface area contributed by atoms with E-state index in [1.54, 1.807) is 6.26 Å². The van der Waals surface area contributed by atoms with Crippen LogP contribution in [0.15, 0.2) is 65.4 Å². The van der Waals surface area contributed by atoms with Crippen LogP contribution in [0.1, 0.15) is 62.1 Å². The van der Waals surface area contributed by atoms with Gasteiger partial charge in [0.2, 0.25) is 0 Å². The molecule has 1 aliphatic carbocycles. The van der Waals surface area contributed by atoms with Crippen molar-refractivity contribution in [1.29, 1.82) is 0 Å². The van der Waals surface area contributed by atoms with Gasteiger partial charge in [-0.25, -0.2) is 9.59 Å². The Morgan fingerprint density at radius 2 is 1.82 bits per heavy atom. The molecule has 5 rings (SSSR count). The van der Waals surface area contributed by atoms with Crippen LogP contribution in [0.25, 0.3) is 16.5 Å². The molecule has 1 aliphatic heterocycles. The number of aromatic nitrogens is 1. The summed E-state index contributed by atoms with van der Waals surface area (Å²) >= 11 is 0. The van der Waals surface area contributed by atoms with E-state index in [9.17, 15) is 5.11 Å². The van der Waals surface area contributed by atoms with Crippen molar-refractivity contribution in [2.24, 2.45) is 5.92 Å². The van der Waals surface area contributed by atoms with E-state index in [2.05, 4.69) is 40.2 Å². The van der Waals surface area contributed by atoms with Crippen molar-refractivity contribution in [3.63, 3.8) is 0 Å². The molecule has 2 aliphatic rings. The summed E-state index contributed by atoms with van der Waals surface area (Å²) in [5, 5.41) is 27.3. The largest absolute Gasteiger partial charge is 0.473 e. The summed E-state index contributed by atoms with van der Waals surface area (Å²) in [4.78, 5) is 25.3. The third kappa shape index (κ3) is 7.08. The summed E-state index contributed by atoms with van der Waals surface area (Å²) < 4.78 is 5.75. The molecule has 2 aromatic heterocycles. The molecule has 8 heteroatoms. The number of carboxylic acid groups (broad SMARTS) is 2. The average molecular weight is 521 g/mol. The molecule has 202 valence electrons. The number of fused-ring (bicyclic) bond motifs is 1. The number of aliphatic hydroxyl groups is 1. The number of benzene rings is 1. The maximum absolute atomic E-state index is 11.3. The lowest BCUT2D eigenvalue weighted by molar-refractivity contribution is -0.159. The molecule has 0 saturated heterocycles. The quantitative estimate of drug-likeness (QED) is 0.364. The van der Waals surface area contributed by atoms with Crippen molar-refractivity contribution in [3.05, 3.63) is 72.3 Å². The van der Waals surface area contributed by atoms with E-state index in [4.69, 9.17) is 24.2 Å². The molecule has 1 saturated carbocycles. The minimum atomic E-state index is -1.82. The third-order valence-electron chi connectivity index (χ3n) is 7.67. The van der Waals surface area contributed by atoms with Gasteiger partial charge in [0.25, 0.3) is 0 Å². The third-order valence-corrected chi connectivity index (χ3v) is 7.67. The van der Waals surface area contributed by atoms with Gasteiger partial charge >= 0.3 is 11.9 Å². The monoisotopic (exact) mass is 520 g/mol. The smallest absolute Gasteiger partial charge is 0.414 e. The molecule has 0 spiro atoms. The van der Waals surface area contributed by atoms with Gasteiger partial charge in [0, 0.05) is 41.8 Å². The van der Waals surface area contributed by atoms with E-state index >= 15 is 0 Å². The van der Waals surface area contributed by atoms with Crippen molar-refractivity contribution in [3.8, 4) is 0 Å². The van der Waals surface area contributed by atoms with E-state index < -0.39 is 11.9 Å². The number of para-hydroxylation sites is 1. The fourth-order valence-electron chi connectivity index (χ4n) is 5.62. The minimum Gasteiger partial charge on any atom is -0.473 e. The number of carbonyl (C=O) groups is 2. The maximum atomic E-state index is 11.3. The van der Waals surface area contributed by atoms with Crippen LogP contribution in [0.5, 0.6) is 0 Å². The Balaban J connectivity index is 0.000000505. The van der Waals surface area contributed by atoms with E-state index in [0.29, 0.717) is 5.92 Å². The van der Waals surface area contributed by atoms with Gasteiger partial charge in [0.05, 0.1) is 12.4 Å². The molecule has 3 N–H and O–H groups in total. The van der Waals surface area contributed by atoms with E-state index in [-0.39, 0.29) is 12.0 Å². The normalized spacial score (nSPS) is 18.2. The zero-order valence-corrected chi connectivity index (χ0v) is 21.5. The Hall–Kier alpha value is -3.49. The first kappa shape index (κ1) is 27.5. The van der Waals surface area contributed by atoms with Gasteiger partial charge < -0.3 is 19.7 Å². The molecule has 3 heterocycles. The highest BCUT2D eigenvalue weighted by molar-refractivity contribution is 6.27. The number of nitrogens with zero attached hydrogens (tertiary/aromatic N) is 2. The molecule has 0 amide bonds. The Labute approximate surface area is 222 Å². The predicted octanol–water partition coefficient (Wildman–Crippen LogP) is 5.19. The van der Waals surface area contributed by atoms with Crippen molar-refractivity contribution >= 4 is 28.5 Å². The number of aliphatic hydroxyl groups excluding tert-OH is 1. The molecular formula is C30H36N2O6. The number of carboxylic acids is 2. The lowest BCUT2D eigenvalue weighted by Crippen LogP contribution is -2.35. The first-order chi connectivity index (χ1) is 18.4. The Kier molecular flexibility index (Phi) is 9.67. The molecule has 0 bridgehead atoms. The van der Waals surface area contributed by atoms with Crippen molar-refractivity contribution < 1.29 is 29.3 Å². The second-order valence-corrected chi connectivity index (χ2v) is 10.1. The summed E-state index contributed by atoms with van der Waals surface area (Å²) in [6.07, 6.45) is 13.8. The highest BCUT2D eigenvalue weighted by Gasteiger charge is 2.31. The molecule has 2 atom stereocenters. The second-order valence-electron chi connectivity index (χ2n) is 10.1. The lowest BCUT2D eigenvalue weighted by atomic mass is 9.78. The zero-order valence-electron chi connectivity index (χ0n) is 21.5. The number of aliphatic carboxylic acids is 2. The number of rotatable bonds is 7. The Morgan fingerprint density at radius 1 is 1.03 bits per heavy atom. The van der Waals surface area contributed by atoms with Crippen molar-refractivity contribution in [1.82, 2.24) is 9.88 Å². The maximum Gasteiger partial charge on any atom is 0.414 e. The van der Waals surface area contributed by atoms with E-state index in [1.807, 2.05) is 24.4 Å². The molecule has 38 heavy (non-hydrogen) atoms. The van der Waals surface area contributed by atoms with E-state index in [1.165, 1.54) is 35.8 Å². The molecule has 8 nitrogen and oxygen atoms in total. The average Bonchev–Trinajstić information content (AvgIpc) is 3.44. The van der Waals surface area contributed by atoms with Crippen LogP contribution >= 0.6 is 0 Å². The van der Waals surface area contributed by atoms with Crippen LogP contribution in [0.3, 0.4) is 0 Å². The highest BCUT2D eigenvalue weighted by Crippen LogP contribution is 2.35. The van der Waals surface area contributed by atoms with Crippen LogP contribution in [0.2, 0.25) is 0 Å². The summed E-state index contributed by atoms with van der Waals surface area (Å²) in [5.41, 5.74) is 4.65. The Morgan fingerprint density at radius 3 is 2.47 bits per heavy atom. The number of hydrogen-bond donors (Lipinski definition) is 3. The fraction of sp³-hybridized carbons (Fsp3) is 0.433. The molecule has 1 fully saturated rings. The van der Waals surface area contributed by atoms with Crippen LogP contribution in [0, 0.1) is 5.92 Å². The zero-order chi connectivity index (χ0) is 26.9. The van der Waals surface area contributed by atoms with Crippen LogP contribution in [0.4, 0.5) is 0 Å². The lowest BCUT2D eigenvalue weighted by Gasteiger charge is -2.34. The van der Waals surface area contributed by atoms with Gasteiger partial charge in [0.15, 0.2) is 0 Å². The van der Waals surface area contributed by atoms with Gasteiger partial charge in [-0.3, -0.25) is 9.88 Å². The molecular weight excluding hydrogens is 484 g/mol. The van der Waals surface area contributed by atoms with Crippen LogP contribution in [-0.2, 0) is 9.59 Å². The topological polar surface area (TPSA) is 124 Å². The predicted molar refractivity (Wildman–Crippen MR) is 145 cm³/mol. The molecule has 3 aromatic rings. The number of pyridine rings is 1. The van der Waals surface area contributed by atoms with Crippen LogP contribution in [-0.4, -0.2) is 62.9 Å². The van der Waals surface area contributed by atoms with Gasteiger partial charge in [-0.2, -0.15) is 0 Å². The van der Waals surface area contributed by atoms with Crippen molar-refractivity contribution in [2.45, 2.75) is 57.0 Å². The molecule has 1 aromatic carbocycles. The van der Waals surface area contributed by atoms with Gasteiger partial charge in [0.1, 0.15) is 5.58 Å². The summed E-state index contributed by atoms with van der Waals surface area (Å²) in [7, 11) is 0. The summed E-state index contributed by atoms with van der Waals surface area (Å²) in [6.45, 7) is 2.97. The van der Waals surface area contributed by atoms with Crippen molar-refractivity contribution in [2.75, 3.05) is 19.6 Å². The number of hydrogen-bond acceptors (Lipinski definition) is 6. The molecule has 0 radical (unpaired) electrons. The van der Waals surface area contributed by atoms with Gasteiger partial charge in [-0.15, -0.1) is 0 Å². The number of furan rings is 1. The minimum absolute atomic E-state index is 0.113. The fourth-order valence-corrected chi connectivity index (χ4v) is 5.62.